The summed E-state index contributed by atoms with van der Waals surface area (Å²) < 4.78 is 4.82. The maximum Gasteiger partial charge on any atom is 0.340 e. The van der Waals surface area contributed by atoms with Gasteiger partial charge in [-0.05, 0) is 42.8 Å². The molecule has 0 fully saturated rings. The minimum absolute atomic E-state index is 0.396. The molecule has 20 heavy (non-hydrogen) atoms. The van der Waals surface area contributed by atoms with Crippen molar-refractivity contribution in [2.75, 3.05) is 24.8 Å². The standard InChI is InChI=1S/C16H18N2O2/c1-11-5-4-6-13(9-11)18(2)15-8-7-12(17)10-14(15)16(19)20-3/h4-10H,17H2,1-3H3. The molecule has 0 aliphatic carbocycles. The van der Waals surface area contributed by atoms with Crippen LogP contribution in [-0.4, -0.2) is 20.1 Å². The monoisotopic (exact) mass is 270 g/mol. The maximum atomic E-state index is 11.9. The lowest BCUT2D eigenvalue weighted by molar-refractivity contribution is 0.0601. The highest BCUT2D eigenvalue weighted by molar-refractivity contribution is 5.97. The molecule has 0 atom stereocenters. The van der Waals surface area contributed by atoms with Gasteiger partial charge in [0.25, 0.3) is 0 Å². The number of carbonyl (C=O) groups is 1. The first-order chi connectivity index (χ1) is 9.52. The summed E-state index contributed by atoms with van der Waals surface area (Å²) in [6, 6.07) is 13.3. The van der Waals surface area contributed by atoms with Gasteiger partial charge in [-0.2, -0.15) is 0 Å². The molecule has 0 bridgehead atoms. The fourth-order valence-corrected chi connectivity index (χ4v) is 2.10. The Kier molecular flexibility index (Phi) is 3.94. The van der Waals surface area contributed by atoms with Gasteiger partial charge in [-0.3, -0.25) is 0 Å². The number of ether oxygens (including phenoxy) is 1. The quantitative estimate of drug-likeness (QED) is 0.687. The van der Waals surface area contributed by atoms with Crippen molar-refractivity contribution < 1.29 is 9.53 Å². The zero-order valence-corrected chi connectivity index (χ0v) is 11.9. The van der Waals surface area contributed by atoms with E-state index >= 15 is 0 Å². The Bertz CT molecular complexity index is 638. The largest absolute Gasteiger partial charge is 0.465 e. The molecule has 0 radical (unpaired) electrons. The molecule has 0 spiro atoms. The lowest BCUT2D eigenvalue weighted by Gasteiger charge is -2.22. The number of nitrogens with two attached hydrogens (primary N) is 1. The van der Waals surface area contributed by atoms with Crippen LogP contribution in [0.15, 0.2) is 42.5 Å². The Morgan fingerprint density at radius 1 is 1.20 bits per heavy atom. The van der Waals surface area contributed by atoms with E-state index in [0.29, 0.717) is 11.3 Å². The molecule has 0 aliphatic heterocycles. The second kappa shape index (κ2) is 5.65. The topological polar surface area (TPSA) is 55.6 Å². The lowest BCUT2D eigenvalue weighted by atomic mass is 10.1. The van der Waals surface area contributed by atoms with Crippen molar-refractivity contribution >= 4 is 23.0 Å². The van der Waals surface area contributed by atoms with Crippen LogP contribution in [-0.2, 0) is 4.74 Å². The van der Waals surface area contributed by atoms with Gasteiger partial charge >= 0.3 is 5.97 Å². The number of methoxy groups -OCH3 is 1. The number of benzene rings is 2. The Morgan fingerprint density at radius 2 is 1.95 bits per heavy atom. The van der Waals surface area contributed by atoms with Crippen LogP contribution in [0.3, 0.4) is 0 Å². The number of nitrogens with zero attached hydrogens (tertiary/aromatic N) is 1. The van der Waals surface area contributed by atoms with E-state index in [9.17, 15) is 4.79 Å². The molecule has 0 saturated carbocycles. The first kappa shape index (κ1) is 13.9. The number of nitrogen functional groups attached to an aromatic ring is 1. The number of carbonyl (C=O) groups excluding carboxylic acids is 1. The summed E-state index contributed by atoms with van der Waals surface area (Å²) in [5.74, 6) is -0.396. The number of hydrogen-bond acceptors (Lipinski definition) is 4. The minimum Gasteiger partial charge on any atom is -0.465 e. The highest BCUT2D eigenvalue weighted by atomic mass is 16.5. The zero-order valence-electron chi connectivity index (χ0n) is 11.9. The highest BCUT2D eigenvalue weighted by Crippen LogP contribution is 2.29. The van der Waals surface area contributed by atoms with Crippen LogP contribution in [0.1, 0.15) is 15.9 Å². The summed E-state index contributed by atoms with van der Waals surface area (Å²) in [4.78, 5) is 13.8. The van der Waals surface area contributed by atoms with Gasteiger partial charge in [0.2, 0.25) is 0 Å². The molecule has 0 saturated heterocycles. The summed E-state index contributed by atoms with van der Waals surface area (Å²) in [5, 5.41) is 0. The molecule has 0 aromatic heterocycles. The number of hydrogen-bond donors (Lipinski definition) is 1. The zero-order chi connectivity index (χ0) is 14.7. The molecular formula is C16H18N2O2. The van der Waals surface area contributed by atoms with Crippen molar-refractivity contribution in [1.29, 1.82) is 0 Å². The Morgan fingerprint density at radius 3 is 2.60 bits per heavy atom. The molecule has 2 aromatic carbocycles. The molecule has 2 aromatic rings. The predicted molar refractivity (Wildman–Crippen MR) is 81.4 cm³/mol. The maximum absolute atomic E-state index is 11.9. The van der Waals surface area contributed by atoms with Crippen molar-refractivity contribution in [3.05, 3.63) is 53.6 Å². The normalized spacial score (nSPS) is 10.2. The Hall–Kier alpha value is -2.49. The molecule has 4 heteroatoms. The average Bonchev–Trinajstić information content (AvgIpc) is 2.45. The predicted octanol–water partition coefficient (Wildman–Crippen LogP) is 3.13. The van der Waals surface area contributed by atoms with Gasteiger partial charge in [0.05, 0.1) is 18.4 Å². The second-order valence-electron chi connectivity index (χ2n) is 4.67. The van der Waals surface area contributed by atoms with Gasteiger partial charge in [0.1, 0.15) is 0 Å². The minimum atomic E-state index is -0.396. The van der Waals surface area contributed by atoms with Crippen molar-refractivity contribution in [3.8, 4) is 0 Å². The van der Waals surface area contributed by atoms with Gasteiger partial charge in [0, 0.05) is 18.4 Å². The van der Waals surface area contributed by atoms with Crippen molar-refractivity contribution in [2.24, 2.45) is 0 Å². The van der Waals surface area contributed by atoms with Gasteiger partial charge in [0.15, 0.2) is 0 Å². The van der Waals surface area contributed by atoms with E-state index < -0.39 is 5.97 Å². The fourth-order valence-electron chi connectivity index (χ4n) is 2.10. The molecule has 2 N–H and O–H groups in total. The van der Waals surface area contributed by atoms with E-state index in [-0.39, 0.29) is 0 Å². The summed E-state index contributed by atoms with van der Waals surface area (Å²) in [5.41, 5.74) is 9.66. The van der Waals surface area contributed by atoms with Gasteiger partial charge < -0.3 is 15.4 Å². The van der Waals surface area contributed by atoms with E-state index in [4.69, 9.17) is 10.5 Å². The third kappa shape index (κ3) is 2.74. The second-order valence-corrected chi connectivity index (χ2v) is 4.67. The number of rotatable bonds is 3. The Labute approximate surface area is 118 Å². The van der Waals surface area contributed by atoms with E-state index in [1.54, 1.807) is 12.1 Å². The Balaban J connectivity index is 2.49. The molecule has 2 rings (SSSR count). The molecule has 4 nitrogen and oxygen atoms in total. The number of anilines is 3. The van der Waals surface area contributed by atoms with Gasteiger partial charge in [-0.15, -0.1) is 0 Å². The van der Waals surface area contributed by atoms with Crippen LogP contribution in [0.2, 0.25) is 0 Å². The molecule has 0 aliphatic rings. The fraction of sp³-hybridized carbons (Fsp3) is 0.188. The average molecular weight is 270 g/mol. The van der Waals surface area contributed by atoms with Crippen LogP contribution in [0.4, 0.5) is 17.1 Å². The molecule has 0 unspecified atom stereocenters. The molecular weight excluding hydrogens is 252 g/mol. The van der Waals surface area contributed by atoms with Crippen LogP contribution in [0.5, 0.6) is 0 Å². The smallest absolute Gasteiger partial charge is 0.340 e. The first-order valence-corrected chi connectivity index (χ1v) is 6.31. The SMILES string of the molecule is COC(=O)c1cc(N)ccc1N(C)c1cccc(C)c1. The van der Waals surface area contributed by atoms with E-state index in [2.05, 4.69) is 6.07 Å². The number of aryl methyl sites for hydroxylation is 1. The van der Waals surface area contributed by atoms with Gasteiger partial charge in [-0.25, -0.2) is 4.79 Å². The molecule has 0 amide bonds. The van der Waals surface area contributed by atoms with Crippen LogP contribution in [0.25, 0.3) is 0 Å². The van der Waals surface area contributed by atoms with Crippen LogP contribution in [0, 0.1) is 6.92 Å². The molecule has 0 heterocycles. The third-order valence-electron chi connectivity index (χ3n) is 3.18. The van der Waals surface area contributed by atoms with Crippen molar-refractivity contribution in [3.63, 3.8) is 0 Å². The van der Waals surface area contributed by atoms with Crippen LogP contribution < -0.4 is 10.6 Å². The van der Waals surface area contributed by atoms with E-state index in [1.807, 2.05) is 43.1 Å². The van der Waals surface area contributed by atoms with E-state index in [1.165, 1.54) is 7.11 Å². The van der Waals surface area contributed by atoms with Crippen molar-refractivity contribution in [2.45, 2.75) is 6.92 Å². The summed E-state index contributed by atoms with van der Waals surface area (Å²) in [6.45, 7) is 2.03. The van der Waals surface area contributed by atoms with Crippen molar-refractivity contribution in [1.82, 2.24) is 0 Å². The number of esters is 1. The van der Waals surface area contributed by atoms with Crippen LogP contribution >= 0.6 is 0 Å². The van der Waals surface area contributed by atoms with Gasteiger partial charge in [-0.1, -0.05) is 12.1 Å². The molecule has 104 valence electrons. The summed E-state index contributed by atoms with van der Waals surface area (Å²) >= 11 is 0. The van der Waals surface area contributed by atoms with E-state index in [0.717, 1.165) is 16.9 Å². The summed E-state index contributed by atoms with van der Waals surface area (Å²) in [7, 11) is 3.27. The third-order valence-corrected chi connectivity index (χ3v) is 3.18. The summed E-state index contributed by atoms with van der Waals surface area (Å²) in [6.07, 6.45) is 0. The lowest BCUT2D eigenvalue weighted by Crippen LogP contribution is -2.15. The first-order valence-electron chi connectivity index (χ1n) is 6.31. The highest BCUT2D eigenvalue weighted by Gasteiger charge is 2.16.